The van der Waals surface area contributed by atoms with Crippen LogP contribution in [0.15, 0.2) is 0 Å². The summed E-state index contributed by atoms with van der Waals surface area (Å²) in [5, 5.41) is 12.1. The summed E-state index contributed by atoms with van der Waals surface area (Å²) in [5.41, 5.74) is 0. The molecule has 1 N–H and O–H groups in total. The number of hydrogen-bond donors (Lipinski definition) is 1. The highest BCUT2D eigenvalue weighted by Crippen LogP contribution is 2.28. The van der Waals surface area contributed by atoms with Gasteiger partial charge in [-0.2, -0.15) is 0 Å². The summed E-state index contributed by atoms with van der Waals surface area (Å²) in [6.45, 7) is 5.31. The molecule has 4 rings (SSSR count). The van der Waals surface area contributed by atoms with Gasteiger partial charge in [-0.15, -0.1) is 22.0 Å². The predicted octanol–water partition coefficient (Wildman–Crippen LogP) is 1.39. The van der Waals surface area contributed by atoms with E-state index < -0.39 is 0 Å². The maximum atomic E-state index is 12.5. The van der Waals surface area contributed by atoms with E-state index in [0.717, 1.165) is 76.0 Å². The SMILES string of the molecule is O=C(CSCC1CCCCO1)N1CCC(c2nnc3n2CCNC3)CC1. The third kappa shape index (κ3) is 4.23. The summed E-state index contributed by atoms with van der Waals surface area (Å²) in [6, 6.07) is 0. The topological polar surface area (TPSA) is 72.3 Å². The molecule has 1 aromatic heterocycles. The highest BCUT2D eigenvalue weighted by atomic mass is 32.2. The molecule has 4 heterocycles. The van der Waals surface area contributed by atoms with Gasteiger partial charge in [-0.25, -0.2) is 0 Å². The largest absolute Gasteiger partial charge is 0.377 e. The number of nitrogens with one attached hydrogen (secondary N) is 1. The number of piperidine rings is 1. The normalized spacial score (nSPS) is 24.5. The van der Waals surface area contributed by atoms with Crippen molar-refractivity contribution in [1.29, 1.82) is 0 Å². The lowest BCUT2D eigenvalue weighted by Crippen LogP contribution is -2.40. The first kappa shape index (κ1) is 18.3. The van der Waals surface area contributed by atoms with Gasteiger partial charge in [0, 0.05) is 44.5 Å². The molecule has 7 nitrogen and oxygen atoms in total. The maximum Gasteiger partial charge on any atom is 0.232 e. The van der Waals surface area contributed by atoms with Crippen molar-refractivity contribution in [2.45, 2.75) is 57.2 Å². The number of ether oxygens (including phenoxy) is 1. The van der Waals surface area contributed by atoms with Gasteiger partial charge in [-0.05, 0) is 32.1 Å². The van der Waals surface area contributed by atoms with Gasteiger partial charge in [0.25, 0.3) is 0 Å². The molecule has 0 saturated carbocycles. The molecule has 1 amide bonds. The van der Waals surface area contributed by atoms with Crippen LogP contribution in [0.4, 0.5) is 0 Å². The highest BCUT2D eigenvalue weighted by Gasteiger charge is 2.28. The van der Waals surface area contributed by atoms with Gasteiger partial charge in [-0.1, -0.05) is 0 Å². The van der Waals surface area contributed by atoms with E-state index in [1.165, 1.54) is 12.8 Å². The lowest BCUT2D eigenvalue weighted by molar-refractivity contribution is -0.129. The van der Waals surface area contributed by atoms with Crippen LogP contribution in [-0.2, 0) is 22.6 Å². The Morgan fingerprint density at radius 2 is 2.08 bits per heavy atom. The number of amides is 1. The molecule has 0 spiro atoms. The quantitative estimate of drug-likeness (QED) is 0.834. The second-order valence-electron chi connectivity index (χ2n) is 7.46. The lowest BCUT2D eigenvalue weighted by Gasteiger charge is -2.32. The molecule has 2 saturated heterocycles. The zero-order valence-electron chi connectivity index (χ0n) is 15.4. The molecule has 1 aromatic rings. The van der Waals surface area contributed by atoms with E-state index in [0.29, 0.717) is 17.8 Å². The van der Waals surface area contributed by atoms with Crippen molar-refractivity contribution in [2.24, 2.45) is 0 Å². The zero-order chi connectivity index (χ0) is 17.8. The molecule has 26 heavy (non-hydrogen) atoms. The maximum absolute atomic E-state index is 12.5. The monoisotopic (exact) mass is 379 g/mol. The van der Waals surface area contributed by atoms with Gasteiger partial charge in [0.2, 0.25) is 5.91 Å². The second-order valence-corrected chi connectivity index (χ2v) is 8.49. The Morgan fingerprint density at radius 3 is 2.88 bits per heavy atom. The fourth-order valence-electron chi connectivity index (χ4n) is 4.11. The van der Waals surface area contributed by atoms with Crippen LogP contribution in [-0.4, -0.2) is 69.4 Å². The smallest absolute Gasteiger partial charge is 0.232 e. The molecule has 1 atom stereocenters. The number of carbonyl (C=O) groups is 1. The standard InChI is InChI=1S/C18H29N5O2S/c24-17(13-26-12-15-3-1-2-10-25-15)22-7-4-14(5-8-22)18-21-20-16-11-19-6-9-23(16)18/h14-15,19H,1-13H2. The Hall–Kier alpha value is -1.12. The van der Waals surface area contributed by atoms with E-state index in [1.807, 2.05) is 4.90 Å². The fourth-order valence-corrected chi connectivity index (χ4v) is 5.11. The molecule has 144 valence electrons. The molecular formula is C18H29N5O2S. The van der Waals surface area contributed by atoms with Crippen molar-refractivity contribution < 1.29 is 9.53 Å². The minimum Gasteiger partial charge on any atom is -0.377 e. The molecule has 0 radical (unpaired) electrons. The van der Waals surface area contributed by atoms with Crippen LogP contribution >= 0.6 is 11.8 Å². The van der Waals surface area contributed by atoms with E-state index in [-0.39, 0.29) is 5.91 Å². The number of likely N-dealkylation sites (tertiary alicyclic amines) is 1. The number of carbonyl (C=O) groups excluding carboxylic acids is 1. The van der Waals surface area contributed by atoms with Crippen molar-refractivity contribution >= 4 is 17.7 Å². The van der Waals surface area contributed by atoms with Crippen LogP contribution in [0, 0.1) is 0 Å². The van der Waals surface area contributed by atoms with Crippen LogP contribution < -0.4 is 5.32 Å². The first-order valence-corrected chi connectivity index (χ1v) is 11.1. The van der Waals surface area contributed by atoms with Crippen LogP contribution in [0.5, 0.6) is 0 Å². The summed E-state index contributed by atoms with van der Waals surface area (Å²) in [4.78, 5) is 14.5. The third-order valence-corrected chi connectivity index (χ3v) is 6.73. The summed E-state index contributed by atoms with van der Waals surface area (Å²) in [7, 11) is 0. The number of thioether (sulfide) groups is 1. The molecule has 3 aliphatic heterocycles. The Bertz CT molecular complexity index is 609. The predicted molar refractivity (Wildman–Crippen MR) is 101 cm³/mol. The number of hydrogen-bond acceptors (Lipinski definition) is 6. The minimum absolute atomic E-state index is 0.275. The fraction of sp³-hybridized carbons (Fsp3) is 0.833. The Balaban J connectivity index is 1.22. The number of nitrogens with zero attached hydrogens (tertiary/aromatic N) is 4. The van der Waals surface area contributed by atoms with Gasteiger partial charge in [0.1, 0.15) is 11.6 Å². The molecule has 0 aliphatic carbocycles. The Kier molecular flexibility index (Phi) is 6.12. The molecule has 1 unspecified atom stereocenters. The van der Waals surface area contributed by atoms with Crippen LogP contribution in [0.3, 0.4) is 0 Å². The average molecular weight is 380 g/mol. The zero-order valence-corrected chi connectivity index (χ0v) is 16.2. The number of rotatable bonds is 5. The summed E-state index contributed by atoms with van der Waals surface area (Å²) < 4.78 is 8.02. The second kappa shape index (κ2) is 8.71. The van der Waals surface area contributed by atoms with Crippen molar-refractivity contribution in [3.8, 4) is 0 Å². The molecule has 8 heteroatoms. The summed E-state index contributed by atoms with van der Waals surface area (Å²) in [5.74, 6) is 4.40. The van der Waals surface area contributed by atoms with E-state index in [2.05, 4.69) is 20.1 Å². The van der Waals surface area contributed by atoms with Gasteiger partial charge in [0.15, 0.2) is 0 Å². The summed E-state index contributed by atoms with van der Waals surface area (Å²) >= 11 is 1.73. The summed E-state index contributed by atoms with van der Waals surface area (Å²) in [6.07, 6.45) is 5.92. The van der Waals surface area contributed by atoms with Crippen molar-refractivity contribution in [3.63, 3.8) is 0 Å². The molecular weight excluding hydrogens is 350 g/mol. The van der Waals surface area contributed by atoms with Gasteiger partial charge in [0.05, 0.1) is 18.4 Å². The number of fused-ring (bicyclic) bond motifs is 1. The van der Waals surface area contributed by atoms with Gasteiger partial charge >= 0.3 is 0 Å². The van der Waals surface area contributed by atoms with E-state index in [1.54, 1.807) is 11.8 Å². The van der Waals surface area contributed by atoms with Crippen LogP contribution in [0.25, 0.3) is 0 Å². The molecule has 2 fully saturated rings. The van der Waals surface area contributed by atoms with E-state index in [9.17, 15) is 4.79 Å². The van der Waals surface area contributed by atoms with E-state index in [4.69, 9.17) is 4.74 Å². The Labute approximate surface area is 159 Å². The van der Waals surface area contributed by atoms with Crippen LogP contribution in [0.2, 0.25) is 0 Å². The van der Waals surface area contributed by atoms with Gasteiger partial charge < -0.3 is 19.5 Å². The first-order chi connectivity index (χ1) is 12.8. The first-order valence-electron chi connectivity index (χ1n) is 9.91. The minimum atomic E-state index is 0.275. The van der Waals surface area contributed by atoms with E-state index >= 15 is 0 Å². The molecule has 0 bridgehead atoms. The highest BCUT2D eigenvalue weighted by molar-refractivity contribution is 7.99. The molecule has 3 aliphatic rings. The Morgan fingerprint density at radius 1 is 1.19 bits per heavy atom. The van der Waals surface area contributed by atoms with Crippen molar-refractivity contribution in [2.75, 3.05) is 37.7 Å². The third-order valence-electron chi connectivity index (χ3n) is 5.67. The van der Waals surface area contributed by atoms with Gasteiger partial charge in [-0.3, -0.25) is 4.79 Å². The van der Waals surface area contributed by atoms with Crippen LogP contribution in [0.1, 0.15) is 49.7 Å². The van der Waals surface area contributed by atoms with Crippen molar-refractivity contribution in [3.05, 3.63) is 11.6 Å². The molecule has 0 aromatic carbocycles. The lowest BCUT2D eigenvalue weighted by atomic mass is 9.95. The average Bonchev–Trinajstić information content (AvgIpc) is 3.13. The van der Waals surface area contributed by atoms with Crippen molar-refractivity contribution in [1.82, 2.24) is 25.0 Å². The number of aromatic nitrogens is 3.